The molecule has 4 heteroatoms. The monoisotopic (exact) mass is 645 g/mol. The predicted molar refractivity (Wildman–Crippen MR) is 203 cm³/mol. The van der Waals surface area contributed by atoms with Crippen molar-refractivity contribution in [1.29, 1.82) is 0 Å². The van der Waals surface area contributed by atoms with E-state index in [9.17, 15) is 0 Å². The first-order chi connectivity index (χ1) is 24.4. The third-order valence-electron chi connectivity index (χ3n) is 11.5. The number of furan rings is 1. The largest absolute Gasteiger partial charge is 0.456 e. The minimum absolute atomic E-state index is 0.131. The summed E-state index contributed by atoms with van der Waals surface area (Å²) in [4.78, 5) is 15.5. The molecule has 0 N–H and O–H groups in total. The van der Waals surface area contributed by atoms with Gasteiger partial charge in [-0.3, -0.25) is 0 Å². The van der Waals surface area contributed by atoms with Gasteiger partial charge in [0, 0.05) is 43.9 Å². The van der Waals surface area contributed by atoms with Crippen molar-refractivity contribution < 1.29 is 4.42 Å². The summed E-state index contributed by atoms with van der Waals surface area (Å²) in [6.07, 6.45) is 0.972. The molecule has 4 nitrogen and oxygen atoms in total. The molecule has 0 spiro atoms. The van der Waals surface area contributed by atoms with E-state index in [1.165, 1.54) is 44.5 Å². The van der Waals surface area contributed by atoms with Crippen LogP contribution in [0.4, 0.5) is 0 Å². The van der Waals surface area contributed by atoms with E-state index >= 15 is 0 Å². The molecule has 0 radical (unpaired) electrons. The lowest BCUT2D eigenvalue weighted by atomic mass is 9.77. The quantitative estimate of drug-likeness (QED) is 0.191. The molecule has 2 aliphatic rings. The highest BCUT2D eigenvalue weighted by Gasteiger charge is 2.41. The van der Waals surface area contributed by atoms with Crippen molar-refractivity contribution in [2.75, 3.05) is 0 Å². The van der Waals surface area contributed by atoms with Gasteiger partial charge in [-0.1, -0.05) is 137 Å². The van der Waals surface area contributed by atoms with E-state index in [0.717, 1.165) is 45.0 Å². The Balaban J connectivity index is 1.20. The molecule has 0 bridgehead atoms. The van der Waals surface area contributed by atoms with Crippen LogP contribution in [-0.4, -0.2) is 15.0 Å². The zero-order chi connectivity index (χ0) is 33.8. The molecule has 50 heavy (non-hydrogen) atoms. The molecule has 240 valence electrons. The van der Waals surface area contributed by atoms with Crippen LogP contribution in [0.5, 0.6) is 0 Å². The molecule has 0 saturated carbocycles. The third-order valence-corrected chi connectivity index (χ3v) is 11.5. The fraction of sp³-hybridized carbons (Fsp3) is 0.152. The summed E-state index contributed by atoms with van der Waals surface area (Å²) in [6, 6.07) is 45.1. The van der Waals surface area contributed by atoms with Crippen LogP contribution < -0.4 is 0 Å². The van der Waals surface area contributed by atoms with Crippen LogP contribution in [0.3, 0.4) is 0 Å². The SMILES string of the molecule is CCC1(C)c2ccccc2-c2ccc3c(oc4cccc(-c5nc(-c6ccccc6)nc(-c6ccc7c(c6)C(C)(C)c6ccccc6-7)n5)c43)c21. The van der Waals surface area contributed by atoms with Gasteiger partial charge >= 0.3 is 0 Å². The Hall–Kier alpha value is -5.87. The van der Waals surface area contributed by atoms with Crippen molar-refractivity contribution >= 4 is 21.9 Å². The fourth-order valence-electron chi connectivity index (χ4n) is 8.73. The van der Waals surface area contributed by atoms with Crippen molar-refractivity contribution in [3.8, 4) is 56.4 Å². The number of aromatic nitrogens is 3. The number of rotatable bonds is 4. The average molecular weight is 646 g/mol. The maximum absolute atomic E-state index is 6.85. The molecule has 8 aromatic rings. The zero-order valence-corrected chi connectivity index (χ0v) is 28.6. The predicted octanol–water partition coefficient (Wildman–Crippen LogP) is 11.8. The zero-order valence-electron chi connectivity index (χ0n) is 28.6. The third kappa shape index (κ3) is 3.90. The van der Waals surface area contributed by atoms with Gasteiger partial charge in [0.15, 0.2) is 17.5 Å². The maximum atomic E-state index is 6.85. The fourth-order valence-corrected chi connectivity index (χ4v) is 8.73. The highest BCUT2D eigenvalue weighted by atomic mass is 16.3. The van der Waals surface area contributed by atoms with Gasteiger partial charge in [0.1, 0.15) is 11.2 Å². The van der Waals surface area contributed by atoms with E-state index in [1.807, 2.05) is 18.2 Å². The number of benzene rings is 6. The first-order valence-corrected chi connectivity index (χ1v) is 17.5. The second kappa shape index (κ2) is 10.3. The lowest BCUT2D eigenvalue weighted by molar-refractivity contribution is 0.553. The van der Waals surface area contributed by atoms with Gasteiger partial charge in [0.05, 0.1) is 0 Å². The van der Waals surface area contributed by atoms with Gasteiger partial charge in [-0.25, -0.2) is 15.0 Å². The molecule has 10 rings (SSSR count). The molecule has 1 atom stereocenters. The molecule has 2 aromatic heterocycles. The molecule has 0 amide bonds. The Morgan fingerprint density at radius 1 is 0.520 bits per heavy atom. The second-order valence-corrected chi connectivity index (χ2v) is 14.5. The Morgan fingerprint density at radius 3 is 1.92 bits per heavy atom. The summed E-state index contributed by atoms with van der Waals surface area (Å²) >= 11 is 0. The van der Waals surface area contributed by atoms with Crippen LogP contribution in [0.15, 0.2) is 132 Å². The molecule has 1 unspecified atom stereocenters. The van der Waals surface area contributed by atoms with Gasteiger partial charge in [-0.05, 0) is 63.6 Å². The van der Waals surface area contributed by atoms with Crippen LogP contribution >= 0.6 is 0 Å². The minimum Gasteiger partial charge on any atom is -0.456 e. The van der Waals surface area contributed by atoms with E-state index in [0.29, 0.717) is 17.5 Å². The molecule has 2 aliphatic carbocycles. The summed E-state index contributed by atoms with van der Waals surface area (Å²) in [5, 5.41) is 2.11. The molecule has 0 aliphatic heterocycles. The van der Waals surface area contributed by atoms with Gasteiger partial charge < -0.3 is 4.42 Å². The number of hydrogen-bond donors (Lipinski definition) is 0. The number of fused-ring (bicyclic) bond motifs is 10. The second-order valence-electron chi connectivity index (χ2n) is 14.5. The average Bonchev–Trinajstić information content (AvgIpc) is 3.75. The van der Waals surface area contributed by atoms with Crippen molar-refractivity contribution in [2.45, 2.75) is 44.9 Å². The summed E-state index contributed by atoms with van der Waals surface area (Å²) in [5.74, 6) is 1.93. The number of hydrogen-bond acceptors (Lipinski definition) is 4. The Kier molecular flexibility index (Phi) is 6.00. The van der Waals surface area contributed by atoms with Crippen molar-refractivity contribution in [1.82, 2.24) is 15.0 Å². The molecular weight excluding hydrogens is 611 g/mol. The van der Waals surface area contributed by atoms with Crippen LogP contribution in [0.1, 0.15) is 56.4 Å². The van der Waals surface area contributed by atoms with Crippen LogP contribution in [0.25, 0.3) is 78.4 Å². The van der Waals surface area contributed by atoms with E-state index in [2.05, 4.69) is 137 Å². The molecule has 6 aromatic carbocycles. The standard InChI is InChI=1S/C46H35N3O/c1-5-46(4)36-20-12-10-17-30(36)32-24-25-33-39-34(18-13-21-38(39)50-41(33)40(32)46)44-48-42(27-14-7-6-8-15-27)47-43(49-44)28-22-23-31-29-16-9-11-19-35(29)45(2,3)37(31)26-28/h6-26H,5H2,1-4H3. The van der Waals surface area contributed by atoms with Crippen LogP contribution in [0.2, 0.25) is 0 Å². The van der Waals surface area contributed by atoms with Gasteiger partial charge in [-0.2, -0.15) is 0 Å². The van der Waals surface area contributed by atoms with Gasteiger partial charge in [0.2, 0.25) is 0 Å². The van der Waals surface area contributed by atoms with Crippen LogP contribution in [-0.2, 0) is 10.8 Å². The summed E-state index contributed by atoms with van der Waals surface area (Å²) in [7, 11) is 0. The van der Waals surface area contributed by atoms with Crippen molar-refractivity contribution in [2.24, 2.45) is 0 Å². The minimum atomic E-state index is -0.151. The van der Waals surface area contributed by atoms with Gasteiger partial charge in [0.25, 0.3) is 0 Å². The van der Waals surface area contributed by atoms with Gasteiger partial charge in [-0.15, -0.1) is 0 Å². The van der Waals surface area contributed by atoms with E-state index < -0.39 is 0 Å². The van der Waals surface area contributed by atoms with Crippen molar-refractivity contribution in [3.63, 3.8) is 0 Å². The molecule has 2 heterocycles. The van der Waals surface area contributed by atoms with E-state index in [4.69, 9.17) is 19.4 Å². The van der Waals surface area contributed by atoms with Crippen LogP contribution in [0, 0.1) is 0 Å². The van der Waals surface area contributed by atoms with Crippen molar-refractivity contribution in [3.05, 3.63) is 150 Å². The molecule has 0 fully saturated rings. The number of nitrogens with zero attached hydrogens (tertiary/aromatic N) is 3. The molecular formula is C46H35N3O. The molecule has 0 saturated heterocycles. The summed E-state index contributed by atoms with van der Waals surface area (Å²) < 4.78 is 6.85. The lowest BCUT2D eigenvalue weighted by Crippen LogP contribution is -2.19. The Bertz CT molecular complexity index is 2690. The highest BCUT2D eigenvalue weighted by molar-refractivity contribution is 6.14. The smallest absolute Gasteiger partial charge is 0.164 e. The normalized spacial score (nSPS) is 16.7. The Morgan fingerprint density at radius 2 is 1.14 bits per heavy atom. The highest BCUT2D eigenvalue weighted by Crippen LogP contribution is 2.55. The first kappa shape index (κ1) is 29.1. The van der Waals surface area contributed by atoms with E-state index in [-0.39, 0.29) is 10.8 Å². The van der Waals surface area contributed by atoms with E-state index in [1.54, 1.807) is 0 Å². The topological polar surface area (TPSA) is 51.8 Å². The maximum Gasteiger partial charge on any atom is 0.164 e. The summed E-state index contributed by atoms with van der Waals surface area (Å²) in [6.45, 7) is 9.24. The lowest BCUT2D eigenvalue weighted by Gasteiger charge is -2.25. The Labute approximate surface area is 291 Å². The first-order valence-electron chi connectivity index (χ1n) is 17.5. The summed E-state index contributed by atoms with van der Waals surface area (Å²) in [5.41, 5.74) is 14.8.